The molecule has 0 saturated carbocycles. The highest BCUT2D eigenvalue weighted by molar-refractivity contribution is 5.82. The van der Waals surface area contributed by atoms with Crippen molar-refractivity contribution in [3.63, 3.8) is 0 Å². The number of halogens is 1. The topological polar surface area (TPSA) is 45.7 Å². The Morgan fingerprint density at radius 3 is 2.63 bits per heavy atom. The normalized spacial score (nSPS) is 15.0. The molecule has 1 aliphatic heterocycles. The molecule has 27 heavy (non-hydrogen) atoms. The minimum absolute atomic E-state index is 0.00747. The third-order valence-electron chi connectivity index (χ3n) is 5.11. The zero-order valence-corrected chi connectivity index (χ0v) is 16.2. The lowest BCUT2D eigenvalue weighted by molar-refractivity contribution is -0.130. The number of nitrogens with zero attached hydrogens (tertiary/aromatic N) is 3. The second-order valence-corrected chi connectivity index (χ2v) is 7.14. The standard InChI is InChI=1S/C21H28FN3O2/c1-16(26)25(11-12-27-2)15-18-13-17-7-8-19(22)14-20(17)23-21(18)24-9-5-3-4-6-10-24/h7-8,13-14H,3-6,9-12,15H2,1-2H3. The molecule has 1 aromatic heterocycles. The summed E-state index contributed by atoms with van der Waals surface area (Å²) in [5.74, 6) is 0.599. The molecule has 0 radical (unpaired) electrons. The predicted octanol–water partition coefficient (Wildman–Crippen LogP) is 3.75. The number of carbonyl (C=O) groups excluding carboxylic acids is 1. The molecule has 2 aromatic rings. The van der Waals surface area contributed by atoms with E-state index in [1.165, 1.54) is 25.0 Å². The molecule has 1 aliphatic rings. The van der Waals surface area contributed by atoms with Gasteiger partial charge in [-0.25, -0.2) is 9.37 Å². The summed E-state index contributed by atoms with van der Waals surface area (Å²) < 4.78 is 18.9. The highest BCUT2D eigenvalue weighted by atomic mass is 19.1. The number of ether oxygens (including phenoxy) is 1. The molecule has 2 heterocycles. The zero-order chi connectivity index (χ0) is 19.2. The Labute approximate surface area is 160 Å². The summed E-state index contributed by atoms with van der Waals surface area (Å²) in [6.45, 7) is 4.96. The number of aromatic nitrogens is 1. The van der Waals surface area contributed by atoms with Crippen molar-refractivity contribution in [1.29, 1.82) is 0 Å². The van der Waals surface area contributed by atoms with Gasteiger partial charge in [-0.15, -0.1) is 0 Å². The van der Waals surface area contributed by atoms with Gasteiger partial charge in [0.2, 0.25) is 5.91 Å². The Morgan fingerprint density at radius 2 is 1.96 bits per heavy atom. The van der Waals surface area contributed by atoms with Crippen molar-refractivity contribution in [2.75, 3.05) is 38.3 Å². The van der Waals surface area contributed by atoms with Crippen molar-refractivity contribution in [1.82, 2.24) is 9.88 Å². The molecule has 0 atom stereocenters. The van der Waals surface area contributed by atoms with Gasteiger partial charge < -0.3 is 14.5 Å². The van der Waals surface area contributed by atoms with Gasteiger partial charge in [0.05, 0.1) is 12.1 Å². The number of methoxy groups -OCH3 is 1. The van der Waals surface area contributed by atoms with E-state index in [0.29, 0.717) is 25.2 Å². The number of amides is 1. The fourth-order valence-electron chi connectivity index (χ4n) is 3.60. The van der Waals surface area contributed by atoms with Crippen molar-refractivity contribution in [3.05, 3.63) is 35.6 Å². The first kappa shape index (κ1) is 19.5. The van der Waals surface area contributed by atoms with Crippen molar-refractivity contribution in [2.45, 2.75) is 39.2 Å². The van der Waals surface area contributed by atoms with Gasteiger partial charge in [0.15, 0.2) is 0 Å². The predicted molar refractivity (Wildman–Crippen MR) is 105 cm³/mol. The van der Waals surface area contributed by atoms with Crippen molar-refractivity contribution in [2.24, 2.45) is 0 Å². The molecule has 146 valence electrons. The number of fused-ring (bicyclic) bond motifs is 1. The molecule has 1 amide bonds. The Kier molecular flexibility index (Phi) is 6.61. The molecule has 3 rings (SSSR count). The summed E-state index contributed by atoms with van der Waals surface area (Å²) in [5, 5.41) is 0.889. The monoisotopic (exact) mass is 373 g/mol. The van der Waals surface area contributed by atoms with Gasteiger partial charge in [-0.1, -0.05) is 12.8 Å². The first-order chi connectivity index (χ1) is 13.1. The second-order valence-electron chi connectivity index (χ2n) is 7.14. The number of benzene rings is 1. The van der Waals surface area contributed by atoms with Crippen LogP contribution < -0.4 is 4.90 Å². The van der Waals surface area contributed by atoms with E-state index in [9.17, 15) is 9.18 Å². The van der Waals surface area contributed by atoms with Gasteiger partial charge >= 0.3 is 0 Å². The molecule has 0 spiro atoms. The van der Waals surface area contributed by atoms with Crippen LogP contribution in [0.15, 0.2) is 24.3 Å². The molecule has 6 heteroatoms. The lowest BCUT2D eigenvalue weighted by Gasteiger charge is -2.28. The Balaban J connectivity index is 2.00. The van der Waals surface area contributed by atoms with E-state index in [0.717, 1.165) is 42.7 Å². The van der Waals surface area contributed by atoms with Gasteiger partial charge in [-0.2, -0.15) is 0 Å². The Bertz CT molecular complexity index is 788. The van der Waals surface area contributed by atoms with Gasteiger partial charge in [-0.3, -0.25) is 4.79 Å². The summed E-state index contributed by atoms with van der Waals surface area (Å²) >= 11 is 0. The fourth-order valence-corrected chi connectivity index (χ4v) is 3.60. The van der Waals surface area contributed by atoms with Gasteiger partial charge in [0.1, 0.15) is 11.6 Å². The summed E-state index contributed by atoms with van der Waals surface area (Å²) in [4.78, 5) is 21.0. The van der Waals surface area contributed by atoms with Crippen LogP contribution in [0.1, 0.15) is 38.2 Å². The average Bonchev–Trinajstić information content (AvgIpc) is 2.93. The smallest absolute Gasteiger partial charge is 0.219 e. The van der Waals surface area contributed by atoms with E-state index in [4.69, 9.17) is 9.72 Å². The van der Waals surface area contributed by atoms with Crippen LogP contribution in [0, 0.1) is 5.82 Å². The number of pyridine rings is 1. The summed E-state index contributed by atoms with van der Waals surface area (Å²) in [6, 6.07) is 6.73. The molecule has 1 fully saturated rings. The maximum absolute atomic E-state index is 13.7. The Morgan fingerprint density at radius 1 is 1.22 bits per heavy atom. The van der Waals surface area contributed by atoms with Gasteiger partial charge in [0.25, 0.3) is 0 Å². The van der Waals surface area contributed by atoms with Crippen LogP contribution in [0.2, 0.25) is 0 Å². The molecule has 0 aliphatic carbocycles. The lowest BCUT2D eigenvalue weighted by Crippen LogP contribution is -2.33. The number of hydrogen-bond acceptors (Lipinski definition) is 4. The van der Waals surface area contributed by atoms with E-state index in [-0.39, 0.29) is 11.7 Å². The average molecular weight is 373 g/mol. The quantitative estimate of drug-likeness (QED) is 0.774. The summed E-state index contributed by atoms with van der Waals surface area (Å²) in [7, 11) is 1.63. The third-order valence-corrected chi connectivity index (χ3v) is 5.11. The maximum Gasteiger partial charge on any atom is 0.219 e. The molecule has 1 saturated heterocycles. The second kappa shape index (κ2) is 9.13. The summed E-state index contributed by atoms with van der Waals surface area (Å²) in [6.07, 6.45) is 4.70. The van der Waals surface area contributed by atoms with Crippen molar-refractivity contribution < 1.29 is 13.9 Å². The summed E-state index contributed by atoms with van der Waals surface area (Å²) in [5.41, 5.74) is 1.66. The van der Waals surface area contributed by atoms with Crippen LogP contribution in [-0.4, -0.2) is 49.1 Å². The van der Waals surface area contributed by atoms with Gasteiger partial charge in [0, 0.05) is 57.2 Å². The molecule has 0 bridgehead atoms. The minimum atomic E-state index is -0.282. The minimum Gasteiger partial charge on any atom is -0.383 e. The first-order valence-corrected chi connectivity index (χ1v) is 9.67. The van der Waals surface area contributed by atoms with E-state index in [1.807, 2.05) is 6.07 Å². The number of anilines is 1. The molecule has 1 aromatic carbocycles. The lowest BCUT2D eigenvalue weighted by atomic mass is 10.1. The van der Waals surface area contributed by atoms with E-state index in [2.05, 4.69) is 4.90 Å². The van der Waals surface area contributed by atoms with Crippen LogP contribution in [-0.2, 0) is 16.1 Å². The number of carbonyl (C=O) groups is 1. The molecule has 0 N–H and O–H groups in total. The maximum atomic E-state index is 13.7. The molecular formula is C21H28FN3O2. The highest BCUT2D eigenvalue weighted by Crippen LogP contribution is 2.27. The number of rotatable bonds is 6. The SMILES string of the molecule is COCCN(Cc1cc2ccc(F)cc2nc1N1CCCCCC1)C(C)=O. The molecular weight excluding hydrogens is 345 g/mol. The van der Waals surface area contributed by atoms with Gasteiger partial charge in [-0.05, 0) is 31.0 Å². The van der Waals surface area contributed by atoms with Crippen LogP contribution in [0.3, 0.4) is 0 Å². The third kappa shape index (κ3) is 4.95. The first-order valence-electron chi connectivity index (χ1n) is 9.67. The van der Waals surface area contributed by atoms with E-state index >= 15 is 0 Å². The van der Waals surface area contributed by atoms with Crippen LogP contribution in [0.5, 0.6) is 0 Å². The van der Waals surface area contributed by atoms with E-state index in [1.54, 1.807) is 25.0 Å². The van der Waals surface area contributed by atoms with E-state index < -0.39 is 0 Å². The van der Waals surface area contributed by atoms with Crippen molar-refractivity contribution in [3.8, 4) is 0 Å². The molecule has 5 nitrogen and oxygen atoms in total. The Hall–Kier alpha value is -2.21. The largest absolute Gasteiger partial charge is 0.383 e. The van der Waals surface area contributed by atoms with Crippen LogP contribution in [0.25, 0.3) is 10.9 Å². The fraction of sp³-hybridized carbons (Fsp3) is 0.524. The van der Waals surface area contributed by atoms with Crippen LogP contribution in [0.4, 0.5) is 10.2 Å². The molecule has 0 unspecified atom stereocenters. The number of hydrogen-bond donors (Lipinski definition) is 0. The van der Waals surface area contributed by atoms with Crippen molar-refractivity contribution >= 4 is 22.6 Å². The highest BCUT2D eigenvalue weighted by Gasteiger charge is 2.19. The zero-order valence-electron chi connectivity index (χ0n) is 16.2. The van der Waals surface area contributed by atoms with Crippen LogP contribution >= 0.6 is 0 Å².